The van der Waals surface area contributed by atoms with Crippen LogP contribution in [0.5, 0.6) is 0 Å². The summed E-state index contributed by atoms with van der Waals surface area (Å²) in [5.74, 6) is 0.743. The second kappa shape index (κ2) is 5.21. The van der Waals surface area contributed by atoms with Crippen molar-refractivity contribution in [2.24, 2.45) is 7.05 Å². The second-order valence-corrected chi connectivity index (χ2v) is 5.41. The summed E-state index contributed by atoms with van der Waals surface area (Å²) in [5.41, 5.74) is 8.52. The van der Waals surface area contributed by atoms with Crippen LogP contribution >= 0.6 is 0 Å². The van der Waals surface area contributed by atoms with Gasteiger partial charge >= 0.3 is 0 Å². The van der Waals surface area contributed by atoms with Gasteiger partial charge in [0.15, 0.2) is 0 Å². The molecule has 6 nitrogen and oxygen atoms in total. The predicted octanol–water partition coefficient (Wildman–Crippen LogP) is 0.948. The van der Waals surface area contributed by atoms with Crippen molar-refractivity contribution in [3.8, 4) is 11.3 Å². The first kappa shape index (κ1) is 13.6. The lowest BCUT2D eigenvalue weighted by Gasteiger charge is -2.32. The Balaban J connectivity index is 1.91. The first-order valence-corrected chi connectivity index (χ1v) is 6.93. The van der Waals surface area contributed by atoms with Crippen molar-refractivity contribution in [2.75, 3.05) is 37.3 Å². The normalized spacial score (nSPS) is 16.5. The number of nitrogens with two attached hydrogens (primary N) is 1. The average Bonchev–Trinajstić information content (AvgIpc) is 2.79. The van der Waals surface area contributed by atoms with Gasteiger partial charge in [0.05, 0.1) is 12.2 Å². The minimum atomic E-state index is 0.126. The van der Waals surface area contributed by atoms with Crippen LogP contribution in [-0.4, -0.2) is 47.3 Å². The number of nitrogen functional groups attached to an aromatic ring is 1. The minimum Gasteiger partial charge on any atom is -0.384 e. The van der Waals surface area contributed by atoms with Crippen LogP contribution in [-0.2, 0) is 11.8 Å². The Labute approximate surface area is 123 Å². The van der Waals surface area contributed by atoms with Crippen molar-refractivity contribution in [3.63, 3.8) is 0 Å². The van der Waals surface area contributed by atoms with E-state index in [4.69, 9.17) is 5.73 Å². The topological polar surface area (TPSA) is 67.4 Å². The van der Waals surface area contributed by atoms with E-state index in [2.05, 4.69) is 5.10 Å². The molecule has 1 aromatic heterocycles. The van der Waals surface area contributed by atoms with Gasteiger partial charge in [-0.25, -0.2) is 0 Å². The molecule has 21 heavy (non-hydrogen) atoms. The van der Waals surface area contributed by atoms with E-state index in [0.717, 1.165) is 23.5 Å². The molecular formula is C15H19N5O. The molecule has 0 saturated carbocycles. The number of rotatable bonds is 2. The number of aryl methyl sites for hydroxylation is 1. The van der Waals surface area contributed by atoms with E-state index in [1.807, 2.05) is 54.2 Å². The number of hydrogen-bond acceptors (Lipinski definition) is 4. The van der Waals surface area contributed by atoms with Gasteiger partial charge in [-0.3, -0.25) is 14.4 Å². The van der Waals surface area contributed by atoms with E-state index < -0.39 is 0 Å². The number of benzene rings is 1. The van der Waals surface area contributed by atoms with Crippen molar-refractivity contribution < 1.29 is 4.79 Å². The second-order valence-electron chi connectivity index (χ2n) is 5.41. The Bertz CT molecular complexity index is 659. The summed E-state index contributed by atoms with van der Waals surface area (Å²) in [7, 11) is 3.77. The van der Waals surface area contributed by atoms with Gasteiger partial charge < -0.3 is 10.6 Å². The molecule has 2 aromatic rings. The van der Waals surface area contributed by atoms with Crippen LogP contribution in [0.2, 0.25) is 0 Å². The van der Waals surface area contributed by atoms with Crippen LogP contribution in [0.3, 0.4) is 0 Å². The Morgan fingerprint density at radius 3 is 2.67 bits per heavy atom. The Morgan fingerprint density at radius 2 is 2.00 bits per heavy atom. The molecule has 0 atom stereocenters. The molecule has 2 heterocycles. The maximum Gasteiger partial charge on any atom is 0.241 e. The molecule has 0 spiro atoms. The lowest BCUT2D eigenvalue weighted by atomic mass is 10.1. The van der Waals surface area contributed by atoms with Gasteiger partial charge in [-0.2, -0.15) is 5.10 Å². The summed E-state index contributed by atoms with van der Waals surface area (Å²) in [5, 5.41) is 4.38. The van der Waals surface area contributed by atoms with Crippen LogP contribution in [0, 0.1) is 0 Å². The van der Waals surface area contributed by atoms with Gasteiger partial charge in [-0.1, -0.05) is 12.1 Å². The summed E-state index contributed by atoms with van der Waals surface area (Å²) < 4.78 is 1.64. The third-order valence-corrected chi connectivity index (χ3v) is 3.78. The summed E-state index contributed by atoms with van der Waals surface area (Å²) in [6.07, 6.45) is 0. The predicted molar refractivity (Wildman–Crippen MR) is 82.9 cm³/mol. The number of piperazine rings is 1. The number of likely N-dealkylation sites (N-methyl/N-ethyl adjacent to an activating group) is 1. The summed E-state index contributed by atoms with van der Waals surface area (Å²) in [6, 6.07) is 9.71. The van der Waals surface area contributed by atoms with Crippen LogP contribution < -0.4 is 10.6 Å². The fourth-order valence-electron chi connectivity index (χ4n) is 2.52. The molecular weight excluding hydrogens is 266 g/mol. The minimum absolute atomic E-state index is 0.126. The SMILES string of the molecule is CN1CCN(c2cccc(-c3cc(N)n(C)n3)c2)C(=O)C1. The van der Waals surface area contributed by atoms with Gasteiger partial charge in [-0.05, 0) is 19.2 Å². The van der Waals surface area contributed by atoms with E-state index in [9.17, 15) is 4.79 Å². The van der Waals surface area contributed by atoms with Crippen molar-refractivity contribution in [3.05, 3.63) is 30.3 Å². The average molecular weight is 285 g/mol. The highest BCUT2D eigenvalue weighted by Gasteiger charge is 2.23. The van der Waals surface area contributed by atoms with Crippen LogP contribution in [0.15, 0.2) is 30.3 Å². The zero-order valence-corrected chi connectivity index (χ0v) is 12.3. The number of anilines is 2. The quantitative estimate of drug-likeness (QED) is 0.892. The lowest BCUT2D eigenvalue weighted by molar-refractivity contribution is -0.120. The lowest BCUT2D eigenvalue weighted by Crippen LogP contribution is -2.48. The highest BCUT2D eigenvalue weighted by molar-refractivity contribution is 5.96. The van der Waals surface area contributed by atoms with Gasteiger partial charge in [0, 0.05) is 37.5 Å². The van der Waals surface area contributed by atoms with Crippen LogP contribution in [0.4, 0.5) is 11.5 Å². The number of aromatic nitrogens is 2. The molecule has 0 bridgehead atoms. The first-order valence-electron chi connectivity index (χ1n) is 6.93. The number of nitrogens with zero attached hydrogens (tertiary/aromatic N) is 4. The Kier molecular flexibility index (Phi) is 3.39. The maximum absolute atomic E-state index is 12.2. The molecule has 0 aliphatic carbocycles. The highest BCUT2D eigenvalue weighted by Crippen LogP contribution is 2.25. The molecule has 0 radical (unpaired) electrons. The number of carbonyl (C=O) groups is 1. The molecule has 0 unspecified atom stereocenters. The van der Waals surface area contributed by atoms with Crippen molar-refractivity contribution in [1.29, 1.82) is 0 Å². The van der Waals surface area contributed by atoms with Crippen LogP contribution in [0.1, 0.15) is 0 Å². The first-order chi connectivity index (χ1) is 10.0. The molecule has 6 heteroatoms. The smallest absolute Gasteiger partial charge is 0.241 e. The summed E-state index contributed by atoms with van der Waals surface area (Å²) in [4.78, 5) is 16.0. The molecule has 1 aliphatic heterocycles. The molecule has 1 saturated heterocycles. The molecule has 1 aliphatic rings. The van der Waals surface area contributed by atoms with Crippen molar-refractivity contribution in [1.82, 2.24) is 14.7 Å². The molecule has 110 valence electrons. The monoisotopic (exact) mass is 285 g/mol. The standard InChI is InChI=1S/C15H19N5O/c1-18-6-7-20(15(21)10-18)12-5-3-4-11(8-12)13-9-14(16)19(2)17-13/h3-5,8-9H,6-7,10,16H2,1-2H3. The fourth-order valence-corrected chi connectivity index (χ4v) is 2.52. The Hall–Kier alpha value is -2.34. The molecule has 2 N–H and O–H groups in total. The zero-order chi connectivity index (χ0) is 15.0. The van der Waals surface area contributed by atoms with E-state index in [1.54, 1.807) is 4.68 Å². The largest absolute Gasteiger partial charge is 0.384 e. The Morgan fingerprint density at radius 1 is 1.19 bits per heavy atom. The van der Waals surface area contributed by atoms with Crippen LogP contribution in [0.25, 0.3) is 11.3 Å². The van der Waals surface area contributed by atoms with Gasteiger partial charge in [0.1, 0.15) is 5.82 Å². The number of carbonyl (C=O) groups excluding carboxylic acids is 1. The zero-order valence-electron chi connectivity index (χ0n) is 12.3. The fraction of sp³-hybridized carbons (Fsp3) is 0.333. The van der Waals surface area contributed by atoms with Crippen molar-refractivity contribution >= 4 is 17.4 Å². The van der Waals surface area contributed by atoms with Crippen molar-refractivity contribution in [2.45, 2.75) is 0 Å². The molecule has 1 fully saturated rings. The van der Waals surface area contributed by atoms with E-state index >= 15 is 0 Å². The third-order valence-electron chi connectivity index (χ3n) is 3.78. The summed E-state index contributed by atoms with van der Waals surface area (Å²) in [6.45, 7) is 2.05. The maximum atomic E-state index is 12.2. The van der Waals surface area contributed by atoms with Gasteiger partial charge in [0.2, 0.25) is 5.91 Å². The molecule has 1 aromatic carbocycles. The van der Waals surface area contributed by atoms with E-state index in [1.165, 1.54) is 0 Å². The van der Waals surface area contributed by atoms with E-state index in [0.29, 0.717) is 18.9 Å². The van der Waals surface area contributed by atoms with Gasteiger partial charge in [0.25, 0.3) is 0 Å². The summed E-state index contributed by atoms with van der Waals surface area (Å²) >= 11 is 0. The highest BCUT2D eigenvalue weighted by atomic mass is 16.2. The number of hydrogen-bond donors (Lipinski definition) is 1. The third kappa shape index (κ3) is 2.62. The van der Waals surface area contributed by atoms with E-state index in [-0.39, 0.29) is 5.91 Å². The molecule has 1 amide bonds. The number of amides is 1. The van der Waals surface area contributed by atoms with Gasteiger partial charge in [-0.15, -0.1) is 0 Å². The molecule has 3 rings (SSSR count).